The van der Waals surface area contributed by atoms with Crippen LogP contribution < -0.4 is 5.73 Å². The number of nitro groups is 1. The summed E-state index contributed by atoms with van der Waals surface area (Å²) < 4.78 is 5.21. The van der Waals surface area contributed by atoms with Crippen molar-refractivity contribution in [2.75, 3.05) is 0 Å². The Morgan fingerprint density at radius 1 is 1.38 bits per heavy atom. The third kappa shape index (κ3) is 3.08. The molecule has 112 valence electrons. The van der Waals surface area contributed by atoms with Gasteiger partial charge in [0.2, 0.25) is 11.7 Å². The molecule has 0 radical (unpaired) electrons. The molecule has 0 unspecified atom stereocenters. The lowest BCUT2D eigenvalue weighted by Crippen LogP contribution is -2.26. The lowest BCUT2D eigenvalue weighted by molar-refractivity contribution is -0.384. The average Bonchev–Trinajstić information content (AvgIpc) is 2.86. The van der Waals surface area contributed by atoms with Gasteiger partial charge in [0, 0.05) is 17.7 Å². The van der Waals surface area contributed by atoms with Gasteiger partial charge in [0.05, 0.1) is 11.0 Å². The van der Waals surface area contributed by atoms with Gasteiger partial charge in [-0.2, -0.15) is 4.98 Å². The molecule has 7 heteroatoms. The van der Waals surface area contributed by atoms with Gasteiger partial charge in [0.1, 0.15) is 0 Å². The van der Waals surface area contributed by atoms with E-state index >= 15 is 0 Å². The number of aromatic nitrogens is 2. The molecule has 0 aliphatic carbocycles. The van der Waals surface area contributed by atoms with Crippen molar-refractivity contribution in [3.63, 3.8) is 0 Å². The van der Waals surface area contributed by atoms with E-state index in [0.29, 0.717) is 17.3 Å². The van der Waals surface area contributed by atoms with Gasteiger partial charge in [-0.15, -0.1) is 0 Å². The summed E-state index contributed by atoms with van der Waals surface area (Å²) in [5, 5.41) is 14.8. The smallest absolute Gasteiger partial charge is 0.270 e. The van der Waals surface area contributed by atoms with E-state index in [4.69, 9.17) is 10.3 Å². The second kappa shape index (κ2) is 5.25. The maximum atomic E-state index is 10.9. The van der Waals surface area contributed by atoms with Gasteiger partial charge in [0.25, 0.3) is 5.69 Å². The van der Waals surface area contributed by atoms with Crippen LogP contribution in [0.2, 0.25) is 0 Å². The van der Waals surface area contributed by atoms with E-state index in [-0.39, 0.29) is 11.1 Å². The Bertz CT molecular complexity index is 673. The molecule has 1 aromatic heterocycles. The minimum atomic E-state index is -0.454. The summed E-state index contributed by atoms with van der Waals surface area (Å²) in [5.41, 5.74) is 7.24. The highest BCUT2D eigenvalue weighted by Crippen LogP contribution is 2.31. The first-order chi connectivity index (χ1) is 9.70. The largest absolute Gasteiger partial charge is 0.337 e. The number of benzene rings is 1. The predicted octanol–water partition coefficient (Wildman–Crippen LogP) is 3.00. The molecule has 2 aromatic rings. The molecule has 1 aromatic carbocycles. The van der Waals surface area contributed by atoms with E-state index < -0.39 is 11.0 Å². The molecular weight excluding hydrogens is 272 g/mol. The molecule has 21 heavy (non-hydrogen) atoms. The Balaban J connectivity index is 2.42. The van der Waals surface area contributed by atoms with Crippen molar-refractivity contribution in [1.82, 2.24) is 10.1 Å². The van der Waals surface area contributed by atoms with Crippen LogP contribution in [0.15, 0.2) is 22.7 Å². The number of non-ortho nitro benzene ring substituents is 1. The van der Waals surface area contributed by atoms with Crippen LogP contribution in [-0.4, -0.2) is 15.1 Å². The van der Waals surface area contributed by atoms with Crippen LogP contribution >= 0.6 is 0 Å². The van der Waals surface area contributed by atoms with Crippen LogP contribution in [0.25, 0.3) is 11.4 Å². The number of hydrogen-bond donors (Lipinski definition) is 1. The quantitative estimate of drug-likeness (QED) is 0.687. The van der Waals surface area contributed by atoms with Crippen molar-refractivity contribution in [2.24, 2.45) is 11.1 Å². The molecule has 2 rings (SSSR count). The Kier molecular flexibility index (Phi) is 3.78. The second-order valence-electron chi connectivity index (χ2n) is 6.06. The maximum absolute atomic E-state index is 10.9. The van der Waals surface area contributed by atoms with Crippen LogP contribution in [0.1, 0.15) is 38.3 Å². The number of nitrogens with two attached hydrogens (primary N) is 1. The summed E-state index contributed by atoms with van der Waals surface area (Å²) in [6.45, 7) is 7.75. The molecule has 0 fully saturated rings. The standard InChI is InChI=1S/C14H18N4O3/c1-8-5-6-9(18(19)20)7-10(8)12-16-13(21-17-12)11(15)14(2,3)4/h5-7,11H,15H2,1-4H3/t11-/m0/s1. The molecule has 2 N–H and O–H groups in total. The van der Waals surface area contributed by atoms with Crippen LogP contribution in [-0.2, 0) is 0 Å². The van der Waals surface area contributed by atoms with Crippen molar-refractivity contribution in [3.8, 4) is 11.4 Å². The number of hydrogen-bond acceptors (Lipinski definition) is 6. The average molecular weight is 290 g/mol. The lowest BCUT2D eigenvalue weighted by atomic mass is 9.87. The van der Waals surface area contributed by atoms with Crippen molar-refractivity contribution in [3.05, 3.63) is 39.8 Å². The lowest BCUT2D eigenvalue weighted by Gasteiger charge is -2.23. The summed E-state index contributed by atoms with van der Waals surface area (Å²) in [7, 11) is 0. The Labute approximate surface area is 122 Å². The van der Waals surface area contributed by atoms with Gasteiger partial charge in [-0.1, -0.05) is 32.0 Å². The molecule has 0 aliphatic heterocycles. The topological polar surface area (TPSA) is 108 Å². The van der Waals surface area contributed by atoms with E-state index in [1.165, 1.54) is 12.1 Å². The zero-order valence-electron chi connectivity index (χ0n) is 12.5. The molecule has 1 atom stereocenters. The van der Waals surface area contributed by atoms with Gasteiger partial charge < -0.3 is 10.3 Å². The molecule has 7 nitrogen and oxygen atoms in total. The van der Waals surface area contributed by atoms with Crippen LogP contribution in [0.3, 0.4) is 0 Å². The summed E-state index contributed by atoms with van der Waals surface area (Å²) in [5.74, 6) is 0.634. The number of nitro benzene ring substituents is 1. The fourth-order valence-electron chi connectivity index (χ4n) is 1.81. The summed E-state index contributed by atoms with van der Waals surface area (Å²) >= 11 is 0. The van der Waals surface area contributed by atoms with E-state index in [1.807, 2.05) is 27.7 Å². The van der Waals surface area contributed by atoms with E-state index in [9.17, 15) is 10.1 Å². The summed E-state index contributed by atoms with van der Waals surface area (Å²) in [6.07, 6.45) is 0. The fraction of sp³-hybridized carbons (Fsp3) is 0.429. The maximum Gasteiger partial charge on any atom is 0.270 e. The first kappa shape index (κ1) is 15.1. The molecule has 0 aliphatic rings. The Morgan fingerprint density at radius 3 is 2.62 bits per heavy atom. The monoisotopic (exact) mass is 290 g/mol. The Hall–Kier alpha value is -2.28. The summed E-state index contributed by atoms with van der Waals surface area (Å²) in [6, 6.07) is 4.14. The molecule has 0 bridgehead atoms. The van der Waals surface area contributed by atoms with Crippen LogP contribution in [0.4, 0.5) is 5.69 Å². The molecule has 0 saturated heterocycles. The SMILES string of the molecule is Cc1ccc([N+](=O)[O-])cc1-c1noc([C@H](N)C(C)(C)C)n1. The zero-order valence-corrected chi connectivity index (χ0v) is 12.5. The highest BCUT2D eigenvalue weighted by molar-refractivity contribution is 5.63. The number of rotatable bonds is 3. The highest BCUT2D eigenvalue weighted by atomic mass is 16.6. The molecule has 1 heterocycles. The van der Waals surface area contributed by atoms with Gasteiger partial charge in [-0.25, -0.2) is 0 Å². The van der Waals surface area contributed by atoms with Crippen molar-refractivity contribution < 1.29 is 9.45 Å². The minimum absolute atomic E-state index is 0.0120. The normalized spacial score (nSPS) is 13.2. The number of aryl methyl sites for hydroxylation is 1. The highest BCUT2D eigenvalue weighted by Gasteiger charge is 2.28. The first-order valence-electron chi connectivity index (χ1n) is 6.54. The number of nitrogens with zero attached hydrogens (tertiary/aromatic N) is 3. The van der Waals surface area contributed by atoms with E-state index in [0.717, 1.165) is 5.56 Å². The Morgan fingerprint density at radius 2 is 2.05 bits per heavy atom. The van der Waals surface area contributed by atoms with Gasteiger partial charge in [-0.05, 0) is 17.9 Å². The molecule has 0 saturated carbocycles. The zero-order chi connectivity index (χ0) is 15.8. The van der Waals surface area contributed by atoms with Gasteiger partial charge in [-0.3, -0.25) is 10.1 Å². The fourth-order valence-corrected chi connectivity index (χ4v) is 1.81. The van der Waals surface area contributed by atoms with Gasteiger partial charge >= 0.3 is 0 Å². The van der Waals surface area contributed by atoms with Crippen LogP contribution in [0, 0.1) is 22.5 Å². The second-order valence-corrected chi connectivity index (χ2v) is 6.06. The summed E-state index contributed by atoms with van der Waals surface area (Å²) in [4.78, 5) is 14.7. The van der Waals surface area contributed by atoms with Gasteiger partial charge in [0.15, 0.2) is 0 Å². The molecular formula is C14H18N4O3. The van der Waals surface area contributed by atoms with Crippen molar-refractivity contribution >= 4 is 5.69 Å². The molecule has 0 spiro atoms. The first-order valence-corrected chi connectivity index (χ1v) is 6.54. The van der Waals surface area contributed by atoms with Crippen molar-refractivity contribution in [1.29, 1.82) is 0 Å². The molecule has 0 amide bonds. The third-order valence-electron chi connectivity index (χ3n) is 3.31. The minimum Gasteiger partial charge on any atom is -0.337 e. The van der Waals surface area contributed by atoms with E-state index in [1.54, 1.807) is 6.07 Å². The third-order valence-corrected chi connectivity index (χ3v) is 3.31. The predicted molar refractivity (Wildman–Crippen MR) is 77.5 cm³/mol. The van der Waals surface area contributed by atoms with Crippen LogP contribution in [0.5, 0.6) is 0 Å². The van der Waals surface area contributed by atoms with E-state index in [2.05, 4.69) is 10.1 Å². The van der Waals surface area contributed by atoms with Crippen molar-refractivity contribution in [2.45, 2.75) is 33.7 Å².